The van der Waals surface area contributed by atoms with Gasteiger partial charge in [0.05, 0.1) is 10.7 Å². The number of anilines is 1. The summed E-state index contributed by atoms with van der Waals surface area (Å²) in [6.07, 6.45) is 42.7. The van der Waals surface area contributed by atoms with Crippen molar-refractivity contribution in [2.24, 2.45) is 0 Å². The zero-order valence-electron chi connectivity index (χ0n) is 28.8. The molecule has 246 valence electrons. The fourth-order valence-corrected chi connectivity index (χ4v) is 6.66. The van der Waals surface area contributed by atoms with Crippen LogP contribution in [0.3, 0.4) is 0 Å². The molecule has 0 aliphatic rings. The van der Waals surface area contributed by atoms with Gasteiger partial charge in [-0.15, -0.1) is 0 Å². The van der Waals surface area contributed by atoms with E-state index in [1.54, 1.807) is 0 Å². The molecule has 0 saturated carbocycles. The first kappa shape index (κ1) is 39.3. The molecule has 1 rings (SSSR count). The highest BCUT2D eigenvalue weighted by Gasteiger charge is 2.09. The fourth-order valence-electron chi connectivity index (χ4n) is 6.41. The van der Waals surface area contributed by atoms with Gasteiger partial charge in [-0.25, -0.2) is 0 Å². The number of benzene rings is 1. The number of unbranched alkanes of at least 4 members (excludes halogenated alkanes) is 28. The molecule has 0 amide bonds. The maximum absolute atomic E-state index is 6.62. The summed E-state index contributed by atoms with van der Waals surface area (Å²) >= 11 is 6.62. The molecule has 0 spiro atoms. The summed E-state index contributed by atoms with van der Waals surface area (Å²) in [5.74, 6) is 0. The SMILES string of the molecule is CCCCCCCCCCCCCCCCCN(CCCCCCCCCCCCCCCCC)c1ccccc1Cl. The third-order valence-electron chi connectivity index (χ3n) is 9.26. The average molecular weight is 604 g/mol. The Kier molecular flexibility index (Phi) is 29.7. The van der Waals surface area contributed by atoms with Gasteiger partial charge >= 0.3 is 0 Å². The Balaban J connectivity index is 2.04. The van der Waals surface area contributed by atoms with Crippen LogP contribution in [0.4, 0.5) is 5.69 Å². The van der Waals surface area contributed by atoms with E-state index in [0.717, 1.165) is 18.1 Å². The molecule has 0 atom stereocenters. The molecule has 0 bridgehead atoms. The van der Waals surface area contributed by atoms with Crippen molar-refractivity contribution in [3.8, 4) is 0 Å². The van der Waals surface area contributed by atoms with Crippen molar-refractivity contribution in [1.82, 2.24) is 0 Å². The third kappa shape index (κ3) is 24.7. The van der Waals surface area contributed by atoms with Crippen LogP contribution in [0.25, 0.3) is 0 Å². The van der Waals surface area contributed by atoms with E-state index in [1.807, 2.05) is 0 Å². The molecule has 0 unspecified atom stereocenters. The van der Waals surface area contributed by atoms with Crippen molar-refractivity contribution in [1.29, 1.82) is 0 Å². The van der Waals surface area contributed by atoms with Gasteiger partial charge in [-0.3, -0.25) is 0 Å². The molecule has 0 heterocycles. The van der Waals surface area contributed by atoms with Gasteiger partial charge in [0.2, 0.25) is 0 Å². The van der Waals surface area contributed by atoms with Gasteiger partial charge in [-0.1, -0.05) is 217 Å². The Morgan fingerprint density at radius 2 is 0.643 bits per heavy atom. The van der Waals surface area contributed by atoms with Gasteiger partial charge in [0.25, 0.3) is 0 Å². The lowest BCUT2D eigenvalue weighted by Gasteiger charge is -2.26. The molecule has 1 nitrogen and oxygen atoms in total. The van der Waals surface area contributed by atoms with Gasteiger partial charge in [0, 0.05) is 13.1 Å². The molecule has 0 fully saturated rings. The Hall–Kier alpha value is -0.690. The largest absolute Gasteiger partial charge is 0.370 e. The van der Waals surface area contributed by atoms with Crippen LogP contribution in [0.5, 0.6) is 0 Å². The molecular weight excluding hydrogens is 530 g/mol. The minimum atomic E-state index is 0.916. The quantitative estimate of drug-likeness (QED) is 0.0722. The van der Waals surface area contributed by atoms with Crippen LogP contribution in [0.2, 0.25) is 5.02 Å². The highest BCUT2D eigenvalue weighted by atomic mass is 35.5. The lowest BCUT2D eigenvalue weighted by molar-refractivity contribution is 0.526. The first-order valence-corrected chi connectivity index (χ1v) is 19.7. The molecule has 1 aromatic rings. The number of para-hydroxylation sites is 1. The Morgan fingerprint density at radius 3 is 0.929 bits per heavy atom. The van der Waals surface area contributed by atoms with Crippen LogP contribution in [-0.2, 0) is 0 Å². The molecule has 42 heavy (non-hydrogen) atoms. The lowest BCUT2D eigenvalue weighted by atomic mass is 10.0. The molecule has 2 heteroatoms. The van der Waals surface area contributed by atoms with Gasteiger partial charge in [-0.05, 0) is 25.0 Å². The summed E-state index contributed by atoms with van der Waals surface area (Å²) in [5.41, 5.74) is 1.25. The van der Waals surface area contributed by atoms with Crippen molar-refractivity contribution < 1.29 is 0 Å². The molecule has 1 aromatic carbocycles. The van der Waals surface area contributed by atoms with E-state index >= 15 is 0 Å². The molecule has 0 N–H and O–H groups in total. The Labute approximate surface area is 270 Å². The highest BCUT2D eigenvalue weighted by molar-refractivity contribution is 6.33. The maximum Gasteiger partial charge on any atom is 0.0639 e. The van der Waals surface area contributed by atoms with E-state index in [2.05, 4.69) is 43.0 Å². The summed E-state index contributed by atoms with van der Waals surface area (Å²) in [4.78, 5) is 2.58. The Bertz CT molecular complexity index is 625. The zero-order valence-corrected chi connectivity index (χ0v) is 29.5. The van der Waals surface area contributed by atoms with E-state index in [1.165, 1.54) is 198 Å². The second-order valence-corrected chi connectivity index (χ2v) is 13.7. The summed E-state index contributed by atoms with van der Waals surface area (Å²) in [5, 5.41) is 0.916. The van der Waals surface area contributed by atoms with Gasteiger partial charge in [0.1, 0.15) is 0 Å². The number of rotatable bonds is 33. The lowest BCUT2D eigenvalue weighted by Crippen LogP contribution is -2.26. The normalized spacial score (nSPS) is 11.4. The number of hydrogen-bond donors (Lipinski definition) is 0. The first-order valence-electron chi connectivity index (χ1n) is 19.3. The minimum absolute atomic E-state index is 0.916. The molecular formula is C40H74ClN. The molecule has 0 aromatic heterocycles. The van der Waals surface area contributed by atoms with E-state index in [4.69, 9.17) is 11.6 Å². The second-order valence-electron chi connectivity index (χ2n) is 13.3. The number of hydrogen-bond acceptors (Lipinski definition) is 1. The van der Waals surface area contributed by atoms with Crippen molar-refractivity contribution in [3.63, 3.8) is 0 Å². The highest BCUT2D eigenvalue weighted by Crippen LogP contribution is 2.26. The molecule has 0 aliphatic carbocycles. The first-order chi connectivity index (χ1) is 20.8. The fraction of sp³-hybridized carbons (Fsp3) is 0.850. The van der Waals surface area contributed by atoms with Crippen molar-refractivity contribution in [2.45, 2.75) is 206 Å². The van der Waals surface area contributed by atoms with Crippen LogP contribution >= 0.6 is 11.6 Å². The number of halogens is 1. The summed E-state index contributed by atoms with van der Waals surface area (Å²) in [6, 6.07) is 8.49. The van der Waals surface area contributed by atoms with E-state index < -0.39 is 0 Å². The summed E-state index contributed by atoms with van der Waals surface area (Å²) in [6.45, 7) is 6.91. The van der Waals surface area contributed by atoms with Crippen LogP contribution in [0, 0.1) is 0 Å². The standard InChI is InChI=1S/C40H74ClN/c1-3-5-7-9-11-13-15-17-19-21-23-25-27-29-33-37-42(40-36-32-31-35-39(40)41)38-34-30-28-26-24-22-20-18-16-14-12-10-8-6-4-2/h31-32,35-36H,3-30,33-34,37-38H2,1-2H3. The maximum atomic E-state index is 6.62. The number of nitrogens with zero attached hydrogens (tertiary/aromatic N) is 1. The van der Waals surface area contributed by atoms with Crippen LogP contribution in [-0.4, -0.2) is 13.1 Å². The van der Waals surface area contributed by atoms with Gasteiger partial charge in [-0.2, -0.15) is 0 Å². The summed E-state index contributed by atoms with van der Waals surface area (Å²) in [7, 11) is 0. The van der Waals surface area contributed by atoms with Crippen molar-refractivity contribution in [3.05, 3.63) is 29.3 Å². The predicted octanol–water partition coefficient (Wildman–Crippen LogP) is 14.9. The van der Waals surface area contributed by atoms with Gasteiger partial charge in [0.15, 0.2) is 0 Å². The predicted molar refractivity (Wildman–Crippen MR) is 194 cm³/mol. The molecule has 0 aliphatic heterocycles. The minimum Gasteiger partial charge on any atom is -0.370 e. The van der Waals surface area contributed by atoms with Crippen molar-refractivity contribution in [2.75, 3.05) is 18.0 Å². The Morgan fingerprint density at radius 1 is 0.381 bits per heavy atom. The average Bonchev–Trinajstić information content (AvgIpc) is 3.00. The van der Waals surface area contributed by atoms with E-state index in [9.17, 15) is 0 Å². The zero-order chi connectivity index (χ0) is 30.2. The molecule has 0 saturated heterocycles. The van der Waals surface area contributed by atoms with Crippen LogP contribution in [0.1, 0.15) is 206 Å². The van der Waals surface area contributed by atoms with Crippen LogP contribution < -0.4 is 4.90 Å². The third-order valence-corrected chi connectivity index (χ3v) is 9.58. The van der Waals surface area contributed by atoms with Gasteiger partial charge < -0.3 is 4.90 Å². The van der Waals surface area contributed by atoms with Crippen molar-refractivity contribution >= 4 is 17.3 Å². The smallest absolute Gasteiger partial charge is 0.0639 e. The van der Waals surface area contributed by atoms with E-state index in [-0.39, 0.29) is 0 Å². The monoisotopic (exact) mass is 604 g/mol. The topological polar surface area (TPSA) is 3.24 Å². The summed E-state index contributed by atoms with van der Waals surface area (Å²) < 4.78 is 0. The van der Waals surface area contributed by atoms with E-state index in [0.29, 0.717) is 0 Å². The van der Waals surface area contributed by atoms with Crippen LogP contribution in [0.15, 0.2) is 24.3 Å². The second kappa shape index (κ2) is 31.7. The molecule has 0 radical (unpaired) electrons.